The lowest BCUT2D eigenvalue weighted by molar-refractivity contribution is -0.143. The Morgan fingerprint density at radius 2 is 2.11 bits per heavy atom. The third-order valence-corrected chi connectivity index (χ3v) is 2.36. The summed E-state index contributed by atoms with van der Waals surface area (Å²) in [6.45, 7) is 7.08. The first-order valence-electron chi connectivity index (χ1n) is 5.54. The molecule has 0 atom stereocenters. The van der Waals surface area contributed by atoms with Crippen molar-refractivity contribution < 1.29 is 13.2 Å². The van der Waals surface area contributed by atoms with Crippen LogP contribution in [0.1, 0.15) is 25.1 Å². The summed E-state index contributed by atoms with van der Waals surface area (Å²) in [7, 11) is 0. The fraction of sp³-hybridized carbons (Fsp3) is 0.308. The highest BCUT2D eigenvalue weighted by atomic mass is 19.4. The molecule has 0 bridgehead atoms. The van der Waals surface area contributed by atoms with E-state index in [-0.39, 0.29) is 17.7 Å². The number of rotatable bonds is 4. The summed E-state index contributed by atoms with van der Waals surface area (Å²) in [5, 5.41) is 3.75. The second kappa shape index (κ2) is 5.71. The van der Waals surface area contributed by atoms with Crippen molar-refractivity contribution in [3.8, 4) is 0 Å². The zero-order valence-corrected chi connectivity index (χ0v) is 10.3. The molecule has 0 aromatic carbocycles. The van der Waals surface area contributed by atoms with Gasteiger partial charge in [0.25, 0.3) is 0 Å². The van der Waals surface area contributed by atoms with Crippen LogP contribution in [0.4, 0.5) is 13.2 Å². The molecule has 98 valence electrons. The number of aryl methyl sites for hydroxylation is 1. The van der Waals surface area contributed by atoms with Crippen LogP contribution in [0, 0.1) is 0 Å². The minimum Gasteiger partial charge on any atom is -0.229 e. The number of allylic oxidation sites excluding steroid dienone is 5. The van der Waals surface area contributed by atoms with Crippen LogP contribution in [-0.2, 0) is 12.6 Å². The molecule has 0 aliphatic heterocycles. The van der Waals surface area contributed by atoms with Crippen molar-refractivity contribution in [2.24, 2.45) is 0 Å². The van der Waals surface area contributed by atoms with E-state index >= 15 is 0 Å². The molecule has 0 unspecified atom stereocenters. The number of hydrogen-bond acceptors (Lipinski definition) is 1. The maximum Gasteiger partial charge on any atom is 0.433 e. The summed E-state index contributed by atoms with van der Waals surface area (Å²) in [6, 6.07) is 0. The first-order valence-corrected chi connectivity index (χ1v) is 5.54. The lowest BCUT2D eigenvalue weighted by atomic mass is 10.2. The largest absolute Gasteiger partial charge is 0.433 e. The van der Waals surface area contributed by atoms with Gasteiger partial charge in [-0.2, -0.15) is 18.3 Å². The summed E-state index contributed by atoms with van der Waals surface area (Å²) >= 11 is 0. The van der Waals surface area contributed by atoms with Gasteiger partial charge in [0.1, 0.15) is 0 Å². The number of nitrogens with zero attached hydrogens (tertiary/aromatic N) is 2. The van der Waals surface area contributed by atoms with Gasteiger partial charge in [-0.3, -0.25) is 0 Å². The maximum atomic E-state index is 12.9. The molecule has 1 rings (SSSR count). The van der Waals surface area contributed by atoms with Gasteiger partial charge >= 0.3 is 6.18 Å². The Balaban J connectivity index is 3.17. The zero-order valence-electron chi connectivity index (χ0n) is 10.3. The normalized spacial score (nSPS) is 12.7. The molecule has 0 fully saturated rings. The van der Waals surface area contributed by atoms with Crippen LogP contribution in [0.3, 0.4) is 0 Å². The Labute approximate surface area is 104 Å². The van der Waals surface area contributed by atoms with Gasteiger partial charge in [0, 0.05) is 5.56 Å². The number of aromatic nitrogens is 2. The van der Waals surface area contributed by atoms with E-state index in [0.29, 0.717) is 0 Å². The van der Waals surface area contributed by atoms with Gasteiger partial charge in [-0.1, -0.05) is 31.7 Å². The highest BCUT2D eigenvalue weighted by Crippen LogP contribution is 2.33. The van der Waals surface area contributed by atoms with E-state index in [0.717, 1.165) is 4.68 Å². The minimum absolute atomic E-state index is 0.170. The highest BCUT2D eigenvalue weighted by Gasteiger charge is 2.37. The Hall–Kier alpha value is -1.78. The third-order valence-electron chi connectivity index (χ3n) is 2.36. The standard InChI is InChI=1S/C13H15F3N2/c1-4-6-7-8-10(3)18-12(13(14,15)16)11(5-2)9-17-18/h4,6-9H,3,5H2,1-2H3. The van der Waals surface area contributed by atoms with Crippen LogP contribution in [0.5, 0.6) is 0 Å². The van der Waals surface area contributed by atoms with Crippen molar-refractivity contribution in [3.63, 3.8) is 0 Å². The summed E-state index contributed by atoms with van der Waals surface area (Å²) in [6.07, 6.45) is 3.67. The summed E-state index contributed by atoms with van der Waals surface area (Å²) in [5.41, 5.74) is -0.400. The molecule has 0 N–H and O–H groups in total. The molecule has 1 aromatic heterocycles. The van der Waals surface area contributed by atoms with Gasteiger partial charge in [-0.25, -0.2) is 4.68 Å². The summed E-state index contributed by atoms with van der Waals surface area (Å²) < 4.78 is 39.6. The SMILES string of the molecule is C=C(C=CC=CC)n1ncc(CC)c1C(F)(F)F. The molecule has 0 radical (unpaired) electrons. The van der Waals surface area contributed by atoms with Gasteiger partial charge in [-0.15, -0.1) is 0 Å². The second-order valence-electron chi connectivity index (χ2n) is 3.66. The van der Waals surface area contributed by atoms with Crippen LogP contribution in [-0.4, -0.2) is 9.78 Å². The first-order chi connectivity index (χ1) is 8.41. The molecule has 0 spiro atoms. The van der Waals surface area contributed by atoms with Crippen LogP contribution in [0.15, 0.2) is 37.1 Å². The lowest BCUT2D eigenvalue weighted by Gasteiger charge is -2.12. The summed E-state index contributed by atoms with van der Waals surface area (Å²) in [5.74, 6) is 0. The molecule has 0 aliphatic rings. The zero-order chi connectivity index (χ0) is 13.8. The molecule has 18 heavy (non-hydrogen) atoms. The van der Waals surface area contributed by atoms with E-state index in [1.807, 2.05) is 6.92 Å². The van der Waals surface area contributed by atoms with Crippen molar-refractivity contribution in [1.82, 2.24) is 9.78 Å². The van der Waals surface area contributed by atoms with E-state index in [4.69, 9.17) is 0 Å². The van der Waals surface area contributed by atoms with Gasteiger partial charge in [0.05, 0.1) is 11.9 Å². The molecule has 1 aromatic rings. The summed E-state index contributed by atoms with van der Waals surface area (Å²) in [4.78, 5) is 0. The molecule has 1 heterocycles. The van der Waals surface area contributed by atoms with Crippen molar-refractivity contribution in [2.75, 3.05) is 0 Å². The molecule has 0 amide bonds. The van der Waals surface area contributed by atoms with Gasteiger partial charge in [0.15, 0.2) is 5.69 Å². The van der Waals surface area contributed by atoms with Crippen LogP contribution >= 0.6 is 0 Å². The molecule has 0 aliphatic carbocycles. The fourth-order valence-electron chi connectivity index (χ4n) is 1.51. The molecular weight excluding hydrogens is 241 g/mol. The average Bonchev–Trinajstić information content (AvgIpc) is 2.72. The lowest BCUT2D eigenvalue weighted by Crippen LogP contribution is -2.15. The minimum atomic E-state index is -4.43. The van der Waals surface area contributed by atoms with E-state index in [2.05, 4.69) is 11.7 Å². The Bertz CT molecular complexity index is 479. The smallest absolute Gasteiger partial charge is 0.229 e. The predicted molar refractivity (Wildman–Crippen MR) is 65.9 cm³/mol. The average molecular weight is 256 g/mol. The predicted octanol–water partition coefficient (Wildman–Crippen LogP) is 4.07. The van der Waals surface area contributed by atoms with Crippen LogP contribution in [0.2, 0.25) is 0 Å². The van der Waals surface area contributed by atoms with Crippen molar-refractivity contribution in [3.05, 3.63) is 48.3 Å². The number of halogens is 3. The highest BCUT2D eigenvalue weighted by molar-refractivity contribution is 5.55. The van der Waals surface area contributed by atoms with E-state index in [1.165, 1.54) is 12.3 Å². The second-order valence-corrected chi connectivity index (χ2v) is 3.66. The molecule has 5 heteroatoms. The quantitative estimate of drug-likeness (QED) is 0.742. The monoisotopic (exact) mass is 256 g/mol. The third kappa shape index (κ3) is 3.12. The van der Waals surface area contributed by atoms with Crippen molar-refractivity contribution in [1.29, 1.82) is 0 Å². The van der Waals surface area contributed by atoms with Crippen LogP contribution in [0.25, 0.3) is 5.70 Å². The van der Waals surface area contributed by atoms with Crippen LogP contribution < -0.4 is 0 Å². The Kier molecular flexibility index (Phi) is 4.53. The van der Waals surface area contributed by atoms with Gasteiger partial charge < -0.3 is 0 Å². The molecule has 0 saturated carbocycles. The Morgan fingerprint density at radius 3 is 2.61 bits per heavy atom. The van der Waals surface area contributed by atoms with E-state index < -0.39 is 11.9 Å². The molecular formula is C13H15F3N2. The van der Waals surface area contributed by atoms with E-state index in [9.17, 15) is 13.2 Å². The Morgan fingerprint density at radius 1 is 1.44 bits per heavy atom. The van der Waals surface area contributed by atoms with Gasteiger partial charge in [0.2, 0.25) is 0 Å². The van der Waals surface area contributed by atoms with Crippen molar-refractivity contribution in [2.45, 2.75) is 26.4 Å². The topological polar surface area (TPSA) is 17.8 Å². The van der Waals surface area contributed by atoms with Crippen molar-refractivity contribution >= 4 is 5.70 Å². The molecule has 2 nitrogen and oxygen atoms in total. The fourth-order valence-corrected chi connectivity index (χ4v) is 1.51. The van der Waals surface area contributed by atoms with E-state index in [1.54, 1.807) is 25.2 Å². The maximum absolute atomic E-state index is 12.9. The van der Waals surface area contributed by atoms with Gasteiger partial charge in [-0.05, 0) is 19.4 Å². The number of alkyl halides is 3. The molecule has 0 saturated heterocycles. The number of hydrogen-bond donors (Lipinski definition) is 0. The first kappa shape index (κ1) is 14.3.